The monoisotopic (exact) mass is 379 g/mol. The summed E-state index contributed by atoms with van der Waals surface area (Å²) in [4.78, 5) is 15.9. The quantitative estimate of drug-likeness (QED) is 0.476. The lowest BCUT2D eigenvalue weighted by Gasteiger charge is -2.17. The van der Waals surface area contributed by atoms with Crippen LogP contribution in [0.4, 0.5) is 0 Å². The normalized spacial score (nSPS) is 25.7. The lowest BCUT2D eigenvalue weighted by Crippen LogP contribution is -2.36. The van der Waals surface area contributed by atoms with Crippen LogP contribution >= 0.6 is 0 Å². The average molecular weight is 379 g/mol. The minimum Gasteiger partial charge on any atom is -0.463 e. The van der Waals surface area contributed by atoms with E-state index in [2.05, 4.69) is 11.9 Å². The fourth-order valence-electron chi connectivity index (χ4n) is 3.50. The molecule has 0 amide bonds. The second kappa shape index (κ2) is 9.32. The van der Waals surface area contributed by atoms with Crippen molar-refractivity contribution in [2.24, 2.45) is 0 Å². The van der Waals surface area contributed by atoms with Crippen molar-refractivity contribution >= 4 is 5.97 Å². The summed E-state index contributed by atoms with van der Waals surface area (Å²) >= 11 is 0. The van der Waals surface area contributed by atoms with Crippen molar-refractivity contribution in [1.82, 2.24) is 9.55 Å². The Hall–Kier alpha value is -1.93. The van der Waals surface area contributed by atoms with E-state index in [4.69, 9.17) is 19.6 Å². The van der Waals surface area contributed by atoms with Crippen LogP contribution in [0.3, 0.4) is 0 Å². The van der Waals surface area contributed by atoms with Gasteiger partial charge in [-0.2, -0.15) is 4.98 Å². The van der Waals surface area contributed by atoms with Gasteiger partial charge in [-0.3, -0.25) is 14.8 Å². The number of unbranched alkanes of at least 4 members (excludes halogenated alkanes) is 6. The molecule has 2 aliphatic heterocycles. The SMILES string of the molecule is CCCCCCCCCC(=O)OC[C@H]1O[C@@H]2[C@@H](Oc3nc(=N)ccn32)[C@@H]1O. The molecule has 1 fully saturated rings. The van der Waals surface area contributed by atoms with Gasteiger partial charge in [-0.25, -0.2) is 0 Å². The van der Waals surface area contributed by atoms with Crippen LogP contribution in [0.5, 0.6) is 6.01 Å². The Morgan fingerprint density at radius 1 is 1.30 bits per heavy atom. The topological polar surface area (TPSA) is 107 Å². The van der Waals surface area contributed by atoms with E-state index in [1.807, 2.05) is 0 Å². The minimum atomic E-state index is -0.919. The molecule has 1 aromatic heterocycles. The van der Waals surface area contributed by atoms with E-state index < -0.39 is 24.5 Å². The van der Waals surface area contributed by atoms with Crippen molar-refractivity contribution in [3.8, 4) is 6.01 Å². The molecule has 27 heavy (non-hydrogen) atoms. The van der Waals surface area contributed by atoms with Gasteiger partial charge in [0.2, 0.25) is 0 Å². The summed E-state index contributed by atoms with van der Waals surface area (Å²) in [6, 6.07) is 1.78. The zero-order valence-corrected chi connectivity index (χ0v) is 15.8. The largest absolute Gasteiger partial charge is 0.463 e. The second-order valence-corrected chi connectivity index (χ2v) is 7.20. The first kappa shape index (κ1) is 19.8. The zero-order valence-electron chi connectivity index (χ0n) is 15.8. The van der Waals surface area contributed by atoms with Gasteiger partial charge in [-0.05, 0) is 12.5 Å². The van der Waals surface area contributed by atoms with E-state index in [1.165, 1.54) is 31.7 Å². The van der Waals surface area contributed by atoms with Gasteiger partial charge in [0.1, 0.15) is 18.8 Å². The number of esters is 1. The molecule has 4 atom stereocenters. The van der Waals surface area contributed by atoms with Crippen molar-refractivity contribution in [1.29, 1.82) is 5.41 Å². The number of carbonyl (C=O) groups excluding carboxylic acids is 1. The van der Waals surface area contributed by atoms with Crippen LogP contribution in [0, 0.1) is 5.41 Å². The van der Waals surface area contributed by atoms with Gasteiger partial charge in [0, 0.05) is 12.6 Å². The summed E-state index contributed by atoms with van der Waals surface area (Å²) < 4.78 is 18.3. The van der Waals surface area contributed by atoms with Crippen molar-refractivity contribution in [2.45, 2.75) is 82.8 Å². The standard InChI is InChI=1S/C19H29N3O5/c1-2-3-4-5-6-7-8-9-15(23)25-12-13-16(24)17-18(26-13)22-11-10-14(20)21-19(22)27-17/h10-11,13,16-18,20,24H,2-9,12H2,1H3/t13-,16-,17+,18-/m1/s1. The third kappa shape index (κ3) is 4.87. The third-order valence-corrected chi connectivity index (χ3v) is 5.05. The lowest BCUT2D eigenvalue weighted by atomic mass is 10.1. The van der Waals surface area contributed by atoms with E-state index in [0.717, 1.165) is 19.3 Å². The van der Waals surface area contributed by atoms with Gasteiger partial charge in [0.15, 0.2) is 17.8 Å². The van der Waals surface area contributed by atoms with Crippen LogP contribution in [0.2, 0.25) is 0 Å². The number of aliphatic hydroxyl groups excluding tert-OH is 1. The molecule has 0 saturated carbocycles. The summed E-state index contributed by atoms with van der Waals surface area (Å²) in [6.07, 6.45) is 7.41. The molecule has 8 nitrogen and oxygen atoms in total. The third-order valence-electron chi connectivity index (χ3n) is 5.05. The molecular formula is C19H29N3O5. The molecule has 8 heteroatoms. The van der Waals surface area contributed by atoms with E-state index >= 15 is 0 Å². The number of hydrogen-bond acceptors (Lipinski definition) is 7. The van der Waals surface area contributed by atoms with Crippen LogP contribution in [-0.4, -0.2) is 45.5 Å². The number of aliphatic hydroxyl groups is 1. The van der Waals surface area contributed by atoms with Gasteiger partial charge in [0.05, 0.1) is 0 Å². The molecule has 0 aromatic carbocycles. The molecule has 3 rings (SSSR count). The lowest BCUT2D eigenvalue weighted by molar-refractivity contribution is -0.150. The first-order chi connectivity index (χ1) is 13.1. The summed E-state index contributed by atoms with van der Waals surface area (Å²) in [5, 5.41) is 17.9. The van der Waals surface area contributed by atoms with Crippen molar-refractivity contribution in [3.05, 3.63) is 17.8 Å². The smallest absolute Gasteiger partial charge is 0.305 e. The van der Waals surface area contributed by atoms with Crippen LogP contribution in [-0.2, 0) is 14.3 Å². The zero-order chi connectivity index (χ0) is 19.2. The molecule has 1 saturated heterocycles. The molecular weight excluding hydrogens is 350 g/mol. The molecule has 3 heterocycles. The van der Waals surface area contributed by atoms with Gasteiger partial charge >= 0.3 is 12.0 Å². The number of fused-ring (bicyclic) bond motifs is 3. The fraction of sp³-hybridized carbons (Fsp3) is 0.737. The van der Waals surface area contributed by atoms with E-state index in [1.54, 1.807) is 10.8 Å². The van der Waals surface area contributed by atoms with E-state index in [-0.39, 0.29) is 24.1 Å². The highest BCUT2D eigenvalue weighted by atomic mass is 16.6. The Balaban J connectivity index is 1.37. The van der Waals surface area contributed by atoms with Crippen molar-refractivity contribution in [2.75, 3.05) is 6.61 Å². The van der Waals surface area contributed by atoms with E-state index in [0.29, 0.717) is 6.42 Å². The maximum absolute atomic E-state index is 11.9. The van der Waals surface area contributed by atoms with E-state index in [9.17, 15) is 9.90 Å². The predicted octanol–water partition coefficient (Wildman–Crippen LogP) is 2.07. The first-order valence-corrected chi connectivity index (χ1v) is 9.89. The molecule has 0 spiro atoms. The number of aromatic nitrogens is 2. The first-order valence-electron chi connectivity index (χ1n) is 9.89. The highest BCUT2D eigenvalue weighted by Gasteiger charge is 2.51. The van der Waals surface area contributed by atoms with Crippen molar-refractivity contribution in [3.63, 3.8) is 0 Å². The fourth-order valence-corrected chi connectivity index (χ4v) is 3.50. The number of hydrogen-bond donors (Lipinski definition) is 2. The molecule has 0 aliphatic carbocycles. The minimum absolute atomic E-state index is 0.00666. The number of nitrogens with zero attached hydrogens (tertiary/aromatic N) is 2. The Kier molecular flexibility index (Phi) is 6.84. The van der Waals surface area contributed by atoms with Gasteiger partial charge in [-0.1, -0.05) is 45.4 Å². The molecule has 2 aliphatic rings. The summed E-state index contributed by atoms with van der Waals surface area (Å²) in [5.74, 6) is -0.258. The highest BCUT2D eigenvalue weighted by Crippen LogP contribution is 2.38. The Morgan fingerprint density at radius 2 is 2.04 bits per heavy atom. The molecule has 0 radical (unpaired) electrons. The number of rotatable bonds is 10. The van der Waals surface area contributed by atoms with Gasteiger partial charge in [-0.15, -0.1) is 0 Å². The average Bonchev–Trinajstić information content (AvgIpc) is 3.15. The second-order valence-electron chi connectivity index (χ2n) is 7.20. The summed E-state index contributed by atoms with van der Waals surface area (Å²) in [6.45, 7) is 2.20. The van der Waals surface area contributed by atoms with Crippen LogP contribution in [0.15, 0.2) is 12.3 Å². The Labute approximate surface area is 159 Å². The number of carbonyl (C=O) groups is 1. The highest BCUT2D eigenvalue weighted by molar-refractivity contribution is 5.69. The van der Waals surface area contributed by atoms with Crippen LogP contribution in [0.1, 0.15) is 64.5 Å². The van der Waals surface area contributed by atoms with Crippen LogP contribution < -0.4 is 10.2 Å². The Morgan fingerprint density at radius 3 is 2.81 bits per heavy atom. The molecule has 0 bridgehead atoms. The predicted molar refractivity (Wildman–Crippen MR) is 96.0 cm³/mol. The number of nitrogens with one attached hydrogen (secondary N) is 1. The Bertz CT molecular complexity index is 692. The molecule has 0 unspecified atom stereocenters. The summed E-state index contributed by atoms with van der Waals surface area (Å²) in [5.41, 5.74) is 0.0894. The van der Waals surface area contributed by atoms with Crippen LogP contribution in [0.25, 0.3) is 0 Å². The molecule has 2 N–H and O–H groups in total. The number of ether oxygens (including phenoxy) is 3. The maximum Gasteiger partial charge on any atom is 0.305 e. The molecule has 150 valence electrons. The van der Waals surface area contributed by atoms with Gasteiger partial charge in [0.25, 0.3) is 0 Å². The molecule has 1 aromatic rings. The van der Waals surface area contributed by atoms with Gasteiger partial charge < -0.3 is 19.3 Å². The summed E-state index contributed by atoms with van der Waals surface area (Å²) in [7, 11) is 0. The van der Waals surface area contributed by atoms with Crippen molar-refractivity contribution < 1.29 is 24.1 Å². The maximum atomic E-state index is 11.9.